The number of halogens is 3. The number of hydrogen-bond acceptors (Lipinski definition) is 5. The molecule has 28 heavy (non-hydrogen) atoms. The number of aromatic nitrogens is 1. The summed E-state index contributed by atoms with van der Waals surface area (Å²) in [5.74, 6) is -0.916. The summed E-state index contributed by atoms with van der Waals surface area (Å²) < 4.78 is 51.7. The Morgan fingerprint density at radius 1 is 1.00 bits per heavy atom. The maximum absolute atomic E-state index is 12.5. The van der Waals surface area contributed by atoms with Gasteiger partial charge in [0.05, 0.1) is 31.0 Å². The fraction of sp³-hybridized carbons (Fsp3) is 0.158. The first-order valence-electron chi connectivity index (χ1n) is 7.88. The van der Waals surface area contributed by atoms with Gasteiger partial charge in [-0.25, -0.2) is 9.78 Å². The summed E-state index contributed by atoms with van der Waals surface area (Å²) in [4.78, 5) is 16.1. The van der Waals surface area contributed by atoms with Crippen molar-refractivity contribution in [3.8, 4) is 28.5 Å². The molecule has 0 fully saturated rings. The standard InChI is InChI=1S/C19H14F3NO5/c1-26-10-4-6-17(27-2)14(7-10)16-9-13(18(24)25)12-8-11(28-19(20,21)22)3-5-15(12)23-16/h3-9H,1-2H3,(H,24,25). The van der Waals surface area contributed by atoms with Gasteiger partial charge in [0.15, 0.2) is 0 Å². The van der Waals surface area contributed by atoms with Crippen LogP contribution in [-0.4, -0.2) is 36.6 Å². The van der Waals surface area contributed by atoms with Crippen LogP contribution in [0.25, 0.3) is 22.2 Å². The first-order valence-corrected chi connectivity index (χ1v) is 7.88. The quantitative estimate of drug-likeness (QED) is 0.687. The van der Waals surface area contributed by atoms with Crippen LogP contribution < -0.4 is 14.2 Å². The predicted molar refractivity (Wildman–Crippen MR) is 93.9 cm³/mol. The van der Waals surface area contributed by atoms with E-state index in [0.717, 1.165) is 12.1 Å². The van der Waals surface area contributed by atoms with Crippen LogP contribution in [0, 0.1) is 0 Å². The molecule has 0 atom stereocenters. The van der Waals surface area contributed by atoms with E-state index in [1.54, 1.807) is 18.2 Å². The number of fused-ring (bicyclic) bond motifs is 1. The summed E-state index contributed by atoms with van der Waals surface area (Å²) in [6.45, 7) is 0. The second-order valence-corrected chi connectivity index (χ2v) is 5.65. The van der Waals surface area contributed by atoms with Crippen molar-refractivity contribution in [3.63, 3.8) is 0 Å². The van der Waals surface area contributed by atoms with E-state index in [4.69, 9.17) is 9.47 Å². The van der Waals surface area contributed by atoms with Crippen LogP contribution in [0.5, 0.6) is 17.2 Å². The normalized spacial score (nSPS) is 11.3. The lowest BCUT2D eigenvalue weighted by Crippen LogP contribution is -2.17. The molecule has 0 bridgehead atoms. The number of nitrogens with zero attached hydrogens (tertiary/aromatic N) is 1. The molecule has 6 nitrogen and oxygen atoms in total. The van der Waals surface area contributed by atoms with Gasteiger partial charge in [-0.1, -0.05) is 0 Å². The summed E-state index contributed by atoms with van der Waals surface area (Å²) >= 11 is 0. The lowest BCUT2D eigenvalue weighted by Gasteiger charge is -2.13. The van der Waals surface area contributed by atoms with E-state index in [-0.39, 0.29) is 22.2 Å². The number of hydrogen-bond donors (Lipinski definition) is 1. The Morgan fingerprint density at radius 3 is 2.32 bits per heavy atom. The Bertz CT molecular complexity index is 1050. The van der Waals surface area contributed by atoms with Gasteiger partial charge in [0.25, 0.3) is 0 Å². The van der Waals surface area contributed by atoms with Crippen molar-refractivity contribution in [2.75, 3.05) is 14.2 Å². The molecule has 0 saturated carbocycles. The highest BCUT2D eigenvalue weighted by molar-refractivity contribution is 6.04. The van der Waals surface area contributed by atoms with Crippen molar-refractivity contribution < 1.29 is 37.3 Å². The number of carboxylic acid groups (broad SMARTS) is 1. The lowest BCUT2D eigenvalue weighted by atomic mass is 10.0. The van der Waals surface area contributed by atoms with Crippen LogP contribution in [0.1, 0.15) is 10.4 Å². The maximum atomic E-state index is 12.5. The predicted octanol–water partition coefficient (Wildman–Crippen LogP) is 4.52. The molecule has 1 aromatic heterocycles. The van der Waals surface area contributed by atoms with Gasteiger partial charge in [0.2, 0.25) is 0 Å². The van der Waals surface area contributed by atoms with E-state index in [0.29, 0.717) is 17.1 Å². The molecule has 0 amide bonds. The van der Waals surface area contributed by atoms with Crippen LogP contribution >= 0.6 is 0 Å². The van der Waals surface area contributed by atoms with Gasteiger partial charge in [-0.15, -0.1) is 13.2 Å². The molecule has 1 N–H and O–H groups in total. The molecule has 1 heterocycles. The Hall–Kier alpha value is -3.49. The minimum atomic E-state index is -4.89. The van der Waals surface area contributed by atoms with Crippen LogP contribution in [0.4, 0.5) is 13.2 Å². The summed E-state index contributed by atoms with van der Waals surface area (Å²) in [6.07, 6.45) is -4.89. The number of pyridine rings is 1. The van der Waals surface area contributed by atoms with Crippen molar-refractivity contribution in [2.24, 2.45) is 0 Å². The fourth-order valence-electron chi connectivity index (χ4n) is 2.73. The summed E-state index contributed by atoms with van der Waals surface area (Å²) in [7, 11) is 2.93. The highest BCUT2D eigenvalue weighted by Gasteiger charge is 2.31. The van der Waals surface area contributed by atoms with Crippen LogP contribution in [0.3, 0.4) is 0 Å². The third kappa shape index (κ3) is 3.93. The summed E-state index contributed by atoms with van der Waals surface area (Å²) in [5, 5.41) is 9.57. The van der Waals surface area contributed by atoms with Crippen molar-refractivity contribution >= 4 is 16.9 Å². The molecule has 0 spiro atoms. The molecule has 146 valence electrons. The van der Waals surface area contributed by atoms with Crippen molar-refractivity contribution in [1.82, 2.24) is 4.98 Å². The number of ether oxygens (including phenoxy) is 3. The van der Waals surface area contributed by atoms with Gasteiger partial charge in [-0.05, 0) is 42.5 Å². The number of methoxy groups -OCH3 is 2. The Morgan fingerprint density at radius 2 is 1.71 bits per heavy atom. The number of rotatable bonds is 5. The second kappa shape index (κ2) is 7.26. The largest absolute Gasteiger partial charge is 0.573 e. The summed E-state index contributed by atoms with van der Waals surface area (Å²) in [6, 6.07) is 9.52. The van der Waals surface area contributed by atoms with Crippen molar-refractivity contribution in [2.45, 2.75) is 6.36 Å². The molecule has 0 aliphatic carbocycles. The zero-order chi connectivity index (χ0) is 20.5. The van der Waals surface area contributed by atoms with E-state index >= 15 is 0 Å². The van der Waals surface area contributed by atoms with E-state index in [2.05, 4.69) is 9.72 Å². The Kier molecular flexibility index (Phi) is 5.00. The molecule has 0 unspecified atom stereocenters. The maximum Gasteiger partial charge on any atom is 0.573 e. The third-order valence-corrected chi connectivity index (χ3v) is 3.93. The molecule has 3 aromatic rings. The molecule has 0 aliphatic rings. The van der Waals surface area contributed by atoms with Crippen LogP contribution in [0.15, 0.2) is 42.5 Å². The number of carboxylic acids is 1. The molecule has 0 saturated heterocycles. The summed E-state index contributed by atoms with van der Waals surface area (Å²) in [5.41, 5.74) is 0.707. The van der Waals surface area contributed by atoms with Gasteiger partial charge >= 0.3 is 12.3 Å². The van der Waals surface area contributed by atoms with Crippen molar-refractivity contribution in [1.29, 1.82) is 0 Å². The molecular weight excluding hydrogens is 379 g/mol. The second-order valence-electron chi connectivity index (χ2n) is 5.65. The van der Waals surface area contributed by atoms with E-state index < -0.39 is 18.1 Å². The highest BCUT2D eigenvalue weighted by atomic mass is 19.4. The molecule has 3 rings (SSSR count). The van der Waals surface area contributed by atoms with Gasteiger partial charge in [0, 0.05) is 10.9 Å². The minimum absolute atomic E-state index is 0.0138. The van der Waals surface area contributed by atoms with E-state index in [1.807, 2.05) is 0 Å². The third-order valence-electron chi connectivity index (χ3n) is 3.93. The van der Waals surface area contributed by atoms with Gasteiger partial charge in [-0.2, -0.15) is 0 Å². The molecule has 9 heteroatoms. The van der Waals surface area contributed by atoms with Gasteiger partial charge < -0.3 is 19.3 Å². The van der Waals surface area contributed by atoms with Gasteiger partial charge in [-0.3, -0.25) is 0 Å². The topological polar surface area (TPSA) is 77.9 Å². The smallest absolute Gasteiger partial charge is 0.497 e. The Balaban J connectivity index is 2.22. The molecule has 0 aliphatic heterocycles. The monoisotopic (exact) mass is 393 g/mol. The van der Waals surface area contributed by atoms with Gasteiger partial charge in [0.1, 0.15) is 17.2 Å². The average Bonchev–Trinajstić information content (AvgIpc) is 2.65. The fourth-order valence-corrected chi connectivity index (χ4v) is 2.73. The van der Waals surface area contributed by atoms with Crippen LogP contribution in [0.2, 0.25) is 0 Å². The number of benzene rings is 2. The number of alkyl halides is 3. The molecular formula is C19H14F3NO5. The SMILES string of the molecule is COc1ccc(OC)c(-c2cc(C(=O)O)c3cc(OC(F)(F)F)ccc3n2)c1. The Labute approximate surface area is 157 Å². The zero-order valence-electron chi connectivity index (χ0n) is 14.7. The number of aromatic carboxylic acids is 1. The number of carbonyl (C=O) groups is 1. The van der Waals surface area contributed by atoms with Crippen molar-refractivity contribution in [3.05, 3.63) is 48.0 Å². The van der Waals surface area contributed by atoms with E-state index in [1.165, 1.54) is 26.4 Å². The minimum Gasteiger partial charge on any atom is -0.497 e. The van der Waals surface area contributed by atoms with E-state index in [9.17, 15) is 23.1 Å². The first-order chi connectivity index (χ1) is 13.2. The molecule has 0 radical (unpaired) electrons. The van der Waals surface area contributed by atoms with Crippen LogP contribution in [-0.2, 0) is 0 Å². The average molecular weight is 393 g/mol. The highest BCUT2D eigenvalue weighted by Crippen LogP contribution is 2.35. The first kappa shape index (κ1) is 19.3. The zero-order valence-corrected chi connectivity index (χ0v) is 14.7. The molecule has 2 aromatic carbocycles. The lowest BCUT2D eigenvalue weighted by molar-refractivity contribution is -0.274.